The summed E-state index contributed by atoms with van der Waals surface area (Å²) in [6.07, 6.45) is 0.456. The molecule has 8 heteroatoms. The number of hydrogen-bond donors (Lipinski definition) is 2. The lowest BCUT2D eigenvalue weighted by Crippen LogP contribution is -2.22. The molecule has 0 fully saturated rings. The Balaban J connectivity index is 1.52. The molecule has 0 saturated carbocycles. The Morgan fingerprint density at radius 2 is 1.74 bits per heavy atom. The smallest absolute Gasteiger partial charge is 0.239 e. The molecule has 0 aliphatic carbocycles. The number of thioether (sulfide) groups is 1. The van der Waals surface area contributed by atoms with Crippen molar-refractivity contribution in [2.75, 3.05) is 17.2 Å². The molecular weight excluding hydrogens is 466 g/mol. The third-order valence-electron chi connectivity index (χ3n) is 4.71. The molecule has 0 radical (unpaired) electrons. The van der Waals surface area contributed by atoms with Gasteiger partial charge in [-0.2, -0.15) is 0 Å². The Morgan fingerprint density at radius 3 is 2.35 bits per heavy atom. The van der Waals surface area contributed by atoms with Gasteiger partial charge in [0.25, 0.3) is 0 Å². The molecular formula is C26H31N3O3S2. The molecule has 3 aromatic rings. The Bertz CT molecular complexity index is 1100. The van der Waals surface area contributed by atoms with Gasteiger partial charge in [-0.15, -0.1) is 23.1 Å². The van der Waals surface area contributed by atoms with Crippen molar-refractivity contribution in [1.82, 2.24) is 4.98 Å². The number of aromatic nitrogens is 1. The van der Waals surface area contributed by atoms with Gasteiger partial charge in [-0.3, -0.25) is 9.59 Å². The number of ether oxygens (including phenoxy) is 1. The fourth-order valence-electron chi connectivity index (χ4n) is 3.12. The minimum absolute atomic E-state index is 0.00583. The zero-order chi connectivity index (χ0) is 24.7. The van der Waals surface area contributed by atoms with Crippen LogP contribution in [0.1, 0.15) is 41.0 Å². The number of hydrogen-bond acceptors (Lipinski definition) is 6. The van der Waals surface area contributed by atoms with Gasteiger partial charge in [0.2, 0.25) is 11.8 Å². The summed E-state index contributed by atoms with van der Waals surface area (Å²) in [5.41, 5.74) is 2.47. The SMILES string of the molecule is CCOc1ccc(-c2csc(NC(=O)C(C)Sc3ccc(NC(=O)CC(C)(C)C)cc3)n2)cc1. The van der Waals surface area contributed by atoms with E-state index in [1.807, 2.05) is 88.5 Å². The molecule has 2 amide bonds. The number of rotatable bonds is 9. The molecule has 3 rings (SSSR count). The molecule has 2 N–H and O–H groups in total. The first-order valence-corrected chi connectivity index (χ1v) is 12.9. The van der Waals surface area contributed by atoms with E-state index in [9.17, 15) is 9.59 Å². The van der Waals surface area contributed by atoms with Crippen LogP contribution >= 0.6 is 23.1 Å². The normalized spacial score (nSPS) is 12.1. The average molecular weight is 498 g/mol. The van der Waals surface area contributed by atoms with Crippen molar-refractivity contribution in [2.24, 2.45) is 5.41 Å². The van der Waals surface area contributed by atoms with Gasteiger partial charge in [-0.25, -0.2) is 4.98 Å². The number of thiazole rings is 1. The topological polar surface area (TPSA) is 80.3 Å². The zero-order valence-corrected chi connectivity index (χ0v) is 21.8. The minimum Gasteiger partial charge on any atom is -0.494 e. The Morgan fingerprint density at radius 1 is 1.06 bits per heavy atom. The quantitative estimate of drug-likeness (QED) is 0.321. The molecule has 0 bridgehead atoms. The van der Waals surface area contributed by atoms with E-state index in [-0.39, 0.29) is 22.5 Å². The summed E-state index contributed by atoms with van der Waals surface area (Å²) in [5, 5.41) is 8.01. The summed E-state index contributed by atoms with van der Waals surface area (Å²) in [7, 11) is 0. The molecule has 1 aromatic heterocycles. The summed E-state index contributed by atoms with van der Waals surface area (Å²) in [6.45, 7) is 10.5. The molecule has 1 atom stereocenters. The van der Waals surface area contributed by atoms with Crippen LogP contribution < -0.4 is 15.4 Å². The maximum Gasteiger partial charge on any atom is 0.239 e. The van der Waals surface area contributed by atoms with Crippen molar-refractivity contribution >= 4 is 45.7 Å². The minimum atomic E-state index is -0.306. The number of nitrogens with zero attached hydrogens (tertiary/aromatic N) is 1. The number of carbonyl (C=O) groups excluding carboxylic acids is 2. The van der Waals surface area contributed by atoms with Gasteiger partial charge in [0.05, 0.1) is 17.6 Å². The highest BCUT2D eigenvalue weighted by atomic mass is 32.2. The highest BCUT2D eigenvalue weighted by Crippen LogP contribution is 2.29. The van der Waals surface area contributed by atoms with Crippen molar-refractivity contribution in [2.45, 2.75) is 51.2 Å². The predicted octanol–water partition coefficient (Wildman–Crippen LogP) is 6.70. The zero-order valence-electron chi connectivity index (χ0n) is 20.2. The Labute approximate surface area is 209 Å². The van der Waals surface area contributed by atoms with Crippen molar-refractivity contribution in [3.05, 3.63) is 53.9 Å². The third-order valence-corrected chi connectivity index (χ3v) is 6.58. The molecule has 0 aliphatic heterocycles. The predicted molar refractivity (Wildman–Crippen MR) is 142 cm³/mol. The third kappa shape index (κ3) is 7.88. The molecule has 2 aromatic carbocycles. The molecule has 180 valence electrons. The number of nitrogens with one attached hydrogen (secondary N) is 2. The summed E-state index contributed by atoms with van der Waals surface area (Å²) in [5.74, 6) is 0.704. The average Bonchev–Trinajstić information content (AvgIpc) is 3.23. The monoisotopic (exact) mass is 497 g/mol. The Hall–Kier alpha value is -2.84. The standard InChI is InChI=1S/C26H31N3O3S2/c1-6-32-20-11-7-18(8-12-20)22-16-33-25(28-22)29-24(31)17(2)34-21-13-9-19(10-14-21)27-23(30)15-26(3,4)5/h7-14,16-17H,6,15H2,1-5H3,(H,27,30)(H,28,29,31). The fourth-order valence-corrected chi connectivity index (χ4v) is 4.71. The largest absolute Gasteiger partial charge is 0.494 e. The van der Waals surface area contributed by atoms with Crippen molar-refractivity contribution in [3.63, 3.8) is 0 Å². The van der Waals surface area contributed by atoms with Crippen LogP contribution in [-0.2, 0) is 9.59 Å². The maximum absolute atomic E-state index is 12.7. The summed E-state index contributed by atoms with van der Waals surface area (Å²) in [6, 6.07) is 15.3. The van der Waals surface area contributed by atoms with E-state index >= 15 is 0 Å². The first kappa shape index (κ1) is 25.8. The highest BCUT2D eigenvalue weighted by molar-refractivity contribution is 8.00. The van der Waals surface area contributed by atoms with E-state index in [4.69, 9.17) is 4.74 Å². The Kier molecular flexibility index (Phi) is 8.74. The first-order valence-electron chi connectivity index (χ1n) is 11.2. The maximum atomic E-state index is 12.7. The van der Waals surface area contributed by atoms with Gasteiger partial charge >= 0.3 is 0 Å². The van der Waals surface area contributed by atoms with Crippen molar-refractivity contribution in [3.8, 4) is 17.0 Å². The second-order valence-corrected chi connectivity index (χ2v) is 11.3. The van der Waals surface area contributed by atoms with E-state index in [1.54, 1.807) is 0 Å². The van der Waals surface area contributed by atoms with Crippen LogP contribution in [0.15, 0.2) is 58.8 Å². The van der Waals surface area contributed by atoms with Gasteiger partial charge in [0.15, 0.2) is 5.13 Å². The van der Waals surface area contributed by atoms with E-state index < -0.39 is 0 Å². The second kappa shape index (κ2) is 11.5. The molecule has 6 nitrogen and oxygen atoms in total. The lowest BCUT2D eigenvalue weighted by Gasteiger charge is -2.17. The van der Waals surface area contributed by atoms with Crippen molar-refractivity contribution < 1.29 is 14.3 Å². The van der Waals surface area contributed by atoms with Gasteiger partial charge in [-0.1, -0.05) is 20.8 Å². The van der Waals surface area contributed by atoms with Gasteiger partial charge in [0.1, 0.15) is 5.75 Å². The number of anilines is 2. The van der Waals surface area contributed by atoms with E-state index in [2.05, 4.69) is 15.6 Å². The summed E-state index contributed by atoms with van der Waals surface area (Å²) < 4.78 is 5.47. The summed E-state index contributed by atoms with van der Waals surface area (Å²) >= 11 is 2.85. The molecule has 0 spiro atoms. The lowest BCUT2D eigenvalue weighted by molar-refractivity contribution is -0.118. The molecule has 0 saturated heterocycles. The van der Waals surface area contributed by atoms with E-state index in [0.29, 0.717) is 18.2 Å². The molecule has 1 heterocycles. The van der Waals surface area contributed by atoms with Gasteiger partial charge in [0, 0.05) is 27.9 Å². The first-order chi connectivity index (χ1) is 16.1. The van der Waals surface area contributed by atoms with Crippen LogP contribution in [0.2, 0.25) is 0 Å². The second-order valence-electron chi connectivity index (χ2n) is 9.05. The van der Waals surface area contributed by atoms with E-state index in [0.717, 1.165) is 27.6 Å². The number of carbonyl (C=O) groups is 2. The highest BCUT2D eigenvalue weighted by Gasteiger charge is 2.18. The van der Waals surface area contributed by atoms with E-state index in [1.165, 1.54) is 23.1 Å². The van der Waals surface area contributed by atoms with Crippen LogP contribution in [-0.4, -0.2) is 28.7 Å². The van der Waals surface area contributed by atoms with Crippen LogP contribution in [0, 0.1) is 5.41 Å². The lowest BCUT2D eigenvalue weighted by atomic mass is 9.92. The van der Waals surface area contributed by atoms with Crippen molar-refractivity contribution in [1.29, 1.82) is 0 Å². The van der Waals surface area contributed by atoms with Gasteiger partial charge in [-0.05, 0) is 67.8 Å². The van der Waals surface area contributed by atoms with Crippen LogP contribution in [0.4, 0.5) is 10.8 Å². The van der Waals surface area contributed by atoms with Crippen LogP contribution in [0.25, 0.3) is 11.3 Å². The number of amides is 2. The molecule has 34 heavy (non-hydrogen) atoms. The van der Waals surface area contributed by atoms with Crippen LogP contribution in [0.3, 0.4) is 0 Å². The molecule has 1 unspecified atom stereocenters. The molecule has 0 aliphatic rings. The number of benzene rings is 2. The summed E-state index contributed by atoms with van der Waals surface area (Å²) in [4.78, 5) is 30.3. The van der Waals surface area contributed by atoms with Crippen LogP contribution in [0.5, 0.6) is 5.75 Å². The fraction of sp³-hybridized carbons (Fsp3) is 0.346. The van der Waals surface area contributed by atoms with Gasteiger partial charge < -0.3 is 15.4 Å².